The number of rotatable bonds is 8. The number of carbonyl (C=O) groups is 4. The molecule has 0 fully saturated rings. The second kappa shape index (κ2) is 11.4. The Kier molecular flexibility index (Phi) is 8.10. The molecule has 32 heavy (non-hydrogen) atoms. The van der Waals surface area contributed by atoms with Crippen molar-refractivity contribution < 1.29 is 23.9 Å². The van der Waals surface area contributed by atoms with E-state index in [1.807, 2.05) is 47.8 Å². The van der Waals surface area contributed by atoms with Gasteiger partial charge in [0.05, 0.1) is 24.2 Å². The van der Waals surface area contributed by atoms with E-state index in [4.69, 9.17) is 4.74 Å². The molecule has 0 radical (unpaired) electrons. The lowest BCUT2D eigenvalue weighted by Crippen LogP contribution is -2.41. The maximum atomic E-state index is 12.4. The molecule has 0 unspecified atom stereocenters. The molecule has 0 aliphatic rings. The molecule has 3 N–H and O–H groups in total. The van der Waals surface area contributed by atoms with Gasteiger partial charge >= 0.3 is 12.0 Å². The number of hydrogen-bond donors (Lipinski definition) is 3. The minimum absolute atomic E-state index is 0.101. The number of anilines is 1. The molecule has 0 atom stereocenters. The van der Waals surface area contributed by atoms with E-state index < -0.39 is 24.5 Å². The van der Waals surface area contributed by atoms with Gasteiger partial charge in [-0.25, -0.2) is 9.59 Å². The van der Waals surface area contributed by atoms with Crippen LogP contribution in [0.3, 0.4) is 0 Å². The highest BCUT2D eigenvalue weighted by atomic mass is 32.1. The van der Waals surface area contributed by atoms with Crippen LogP contribution in [0.1, 0.15) is 20.8 Å². The SMILES string of the molecule is O=C(COC(=O)c1ccccc1NC(=O)Cc1ccccc1)NC(=O)NCc1cccs1. The van der Waals surface area contributed by atoms with E-state index in [9.17, 15) is 19.2 Å². The summed E-state index contributed by atoms with van der Waals surface area (Å²) < 4.78 is 5.00. The molecule has 2 aromatic carbocycles. The topological polar surface area (TPSA) is 114 Å². The maximum Gasteiger partial charge on any atom is 0.340 e. The molecule has 164 valence electrons. The van der Waals surface area contributed by atoms with Crippen molar-refractivity contribution >= 4 is 40.8 Å². The van der Waals surface area contributed by atoms with Gasteiger partial charge in [-0.15, -0.1) is 11.3 Å². The molecule has 0 spiro atoms. The molecule has 3 rings (SSSR count). The van der Waals surface area contributed by atoms with E-state index >= 15 is 0 Å². The number of esters is 1. The van der Waals surface area contributed by atoms with Gasteiger partial charge in [0.15, 0.2) is 6.61 Å². The normalized spacial score (nSPS) is 10.1. The molecule has 0 aliphatic carbocycles. The first-order valence-electron chi connectivity index (χ1n) is 9.71. The van der Waals surface area contributed by atoms with Gasteiger partial charge in [-0.05, 0) is 29.1 Å². The summed E-state index contributed by atoms with van der Waals surface area (Å²) in [4.78, 5) is 49.3. The molecule has 8 nitrogen and oxygen atoms in total. The summed E-state index contributed by atoms with van der Waals surface area (Å²) in [7, 11) is 0. The molecule has 0 saturated carbocycles. The average Bonchev–Trinajstić information content (AvgIpc) is 3.31. The van der Waals surface area contributed by atoms with E-state index in [2.05, 4.69) is 16.0 Å². The number of hydrogen-bond acceptors (Lipinski definition) is 6. The van der Waals surface area contributed by atoms with Crippen LogP contribution < -0.4 is 16.0 Å². The number of nitrogens with one attached hydrogen (secondary N) is 3. The highest BCUT2D eigenvalue weighted by Crippen LogP contribution is 2.17. The molecular formula is C23H21N3O5S. The molecular weight excluding hydrogens is 430 g/mol. The van der Waals surface area contributed by atoms with Crippen molar-refractivity contribution in [3.63, 3.8) is 0 Å². The van der Waals surface area contributed by atoms with Crippen LogP contribution in [-0.4, -0.2) is 30.4 Å². The van der Waals surface area contributed by atoms with Crippen molar-refractivity contribution in [1.82, 2.24) is 10.6 Å². The number of benzene rings is 2. The highest BCUT2D eigenvalue weighted by molar-refractivity contribution is 7.09. The summed E-state index contributed by atoms with van der Waals surface area (Å²) in [5.41, 5.74) is 1.20. The molecule has 0 aliphatic heterocycles. The van der Waals surface area contributed by atoms with Crippen LogP contribution in [0.4, 0.5) is 10.5 Å². The maximum absolute atomic E-state index is 12.4. The fraction of sp³-hybridized carbons (Fsp3) is 0.130. The zero-order chi connectivity index (χ0) is 22.8. The zero-order valence-electron chi connectivity index (χ0n) is 17.0. The first-order chi connectivity index (χ1) is 15.5. The van der Waals surface area contributed by atoms with E-state index in [1.165, 1.54) is 17.4 Å². The Hall–Kier alpha value is -3.98. The second-order valence-corrected chi connectivity index (χ2v) is 7.67. The number of ether oxygens (including phenoxy) is 1. The standard InChI is InChI=1S/C23H21N3O5S/c27-20(13-16-7-2-1-3-8-16)25-19-11-5-4-10-18(19)22(29)31-15-21(28)26-23(30)24-14-17-9-6-12-32-17/h1-12H,13-15H2,(H,25,27)(H2,24,26,28,30). The van der Waals surface area contributed by atoms with E-state index in [0.29, 0.717) is 0 Å². The number of urea groups is 1. The van der Waals surface area contributed by atoms with Gasteiger partial charge in [-0.2, -0.15) is 0 Å². The Morgan fingerprint density at radius 1 is 0.844 bits per heavy atom. The number of thiophene rings is 1. The average molecular weight is 452 g/mol. The van der Waals surface area contributed by atoms with Crippen molar-refractivity contribution in [3.05, 3.63) is 88.1 Å². The number of carbonyl (C=O) groups excluding carboxylic acids is 4. The first kappa shape index (κ1) is 22.7. The van der Waals surface area contributed by atoms with Crippen LogP contribution in [-0.2, 0) is 27.3 Å². The smallest absolute Gasteiger partial charge is 0.340 e. The summed E-state index contributed by atoms with van der Waals surface area (Å²) >= 11 is 1.47. The summed E-state index contributed by atoms with van der Waals surface area (Å²) in [6.45, 7) is -0.357. The fourth-order valence-electron chi connectivity index (χ4n) is 2.74. The van der Waals surface area contributed by atoms with Gasteiger partial charge in [0.25, 0.3) is 5.91 Å². The van der Waals surface area contributed by atoms with E-state index in [1.54, 1.807) is 18.2 Å². The van der Waals surface area contributed by atoms with Gasteiger partial charge in [0.2, 0.25) is 5.91 Å². The zero-order valence-corrected chi connectivity index (χ0v) is 17.8. The van der Waals surface area contributed by atoms with E-state index in [0.717, 1.165) is 10.4 Å². The fourth-order valence-corrected chi connectivity index (χ4v) is 3.39. The van der Waals surface area contributed by atoms with Crippen molar-refractivity contribution in [2.75, 3.05) is 11.9 Å². The summed E-state index contributed by atoms with van der Waals surface area (Å²) in [5.74, 6) is -1.86. The Bertz CT molecular complexity index is 1080. The number of amides is 4. The van der Waals surface area contributed by atoms with Crippen molar-refractivity contribution in [2.45, 2.75) is 13.0 Å². The minimum Gasteiger partial charge on any atom is -0.452 e. The van der Waals surface area contributed by atoms with Crippen LogP contribution in [0.15, 0.2) is 72.1 Å². The largest absolute Gasteiger partial charge is 0.452 e. The first-order valence-corrected chi connectivity index (χ1v) is 10.6. The lowest BCUT2D eigenvalue weighted by Gasteiger charge is -2.11. The third kappa shape index (κ3) is 7.06. The third-order valence-electron chi connectivity index (χ3n) is 4.22. The van der Waals surface area contributed by atoms with Crippen LogP contribution >= 0.6 is 11.3 Å². The van der Waals surface area contributed by atoms with Crippen LogP contribution in [0.5, 0.6) is 0 Å². The molecule has 1 heterocycles. The number of para-hydroxylation sites is 1. The molecule has 0 saturated heterocycles. The number of imide groups is 1. The summed E-state index contributed by atoms with van der Waals surface area (Å²) in [6, 6.07) is 18.5. The van der Waals surface area contributed by atoms with Gasteiger partial charge in [-0.1, -0.05) is 48.5 Å². The monoisotopic (exact) mass is 451 g/mol. The predicted molar refractivity (Wildman–Crippen MR) is 120 cm³/mol. The van der Waals surface area contributed by atoms with E-state index in [-0.39, 0.29) is 30.1 Å². The Labute approximate surface area is 188 Å². The Morgan fingerprint density at radius 2 is 1.59 bits per heavy atom. The molecule has 4 amide bonds. The third-order valence-corrected chi connectivity index (χ3v) is 5.10. The lowest BCUT2D eigenvalue weighted by molar-refractivity contribution is -0.123. The Morgan fingerprint density at radius 3 is 2.34 bits per heavy atom. The lowest BCUT2D eigenvalue weighted by atomic mass is 10.1. The van der Waals surface area contributed by atoms with Gasteiger partial charge in [-0.3, -0.25) is 14.9 Å². The second-order valence-electron chi connectivity index (χ2n) is 6.64. The Balaban J connectivity index is 1.48. The molecule has 1 aromatic heterocycles. The van der Waals surface area contributed by atoms with Gasteiger partial charge < -0.3 is 15.4 Å². The summed E-state index contributed by atoms with van der Waals surface area (Å²) in [5, 5.41) is 9.19. The van der Waals surface area contributed by atoms with Crippen LogP contribution in [0.25, 0.3) is 0 Å². The predicted octanol–water partition coefficient (Wildman–Crippen LogP) is 3.11. The molecule has 3 aromatic rings. The van der Waals surface area contributed by atoms with Crippen molar-refractivity contribution in [1.29, 1.82) is 0 Å². The van der Waals surface area contributed by atoms with Crippen molar-refractivity contribution in [3.8, 4) is 0 Å². The molecule has 9 heteroatoms. The van der Waals surface area contributed by atoms with Crippen LogP contribution in [0.2, 0.25) is 0 Å². The van der Waals surface area contributed by atoms with Crippen LogP contribution in [0, 0.1) is 0 Å². The highest BCUT2D eigenvalue weighted by Gasteiger charge is 2.17. The quantitative estimate of drug-likeness (QED) is 0.456. The van der Waals surface area contributed by atoms with Crippen molar-refractivity contribution in [2.24, 2.45) is 0 Å². The van der Waals surface area contributed by atoms with Gasteiger partial charge in [0.1, 0.15) is 0 Å². The molecule has 0 bridgehead atoms. The minimum atomic E-state index is -0.797. The summed E-state index contributed by atoms with van der Waals surface area (Å²) in [6.07, 6.45) is 0.146. The van der Waals surface area contributed by atoms with Gasteiger partial charge in [0, 0.05) is 4.88 Å².